The number of likely N-dealkylation sites (tertiary alicyclic amines) is 1. The van der Waals surface area contributed by atoms with E-state index in [-0.39, 0.29) is 6.10 Å². The molecular formula is C16H21N5O2. The zero-order valence-corrected chi connectivity index (χ0v) is 13.0. The third-order valence-electron chi connectivity index (χ3n) is 4.79. The molecule has 122 valence electrons. The van der Waals surface area contributed by atoms with Gasteiger partial charge in [-0.15, -0.1) is 0 Å². The van der Waals surface area contributed by atoms with Crippen LogP contribution in [0.1, 0.15) is 36.3 Å². The molecule has 1 atom stereocenters. The molecule has 2 saturated heterocycles. The number of morpholine rings is 1. The number of imidazole rings is 1. The van der Waals surface area contributed by atoms with Crippen LogP contribution in [0.15, 0.2) is 12.3 Å². The van der Waals surface area contributed by atoms with Gasteiger partial charge in [0.15, 0.2) is 5.65 Å². The Balaban J connectivity index is 1.62. The summed E-state index contributed by atoms with van der Waals surface area (Å²) in [6.07, 6.45) is 4.69. The van der Waals surface area contributed by atoms with E-state index < -0.39 is 0 Å². The summed E-state index contributed by atoms with van der Waals surface area (Å²) in [4.78, 5) is 25.2. The third-order valence-corrected chi connectivity index (χ3v) is 4.79. The number of nitrogens with zero attached hydrogens (tertiary/aromatic N) is 3. The number of aromatic nitrogens is 3. The minimum atomic E-state index is -0.0392. The van der Waals surface area contributed by atoms with Crippen LogP contribution in [0.3, 0.4) is 0 Å². The molecule has 4 rings (SSSR count). The van der Waals surface area contributed by atoms with Crippen molar-refractivity contribution < 1.29 is 9.53 Å². The lowest BCUT2D eigenvalue weighted by Gasteiger charge is -2.29. The van der Waals surface area contributed by atoms with Crippen molar-refractivity contribution in [1.82, 2.24) is 25.2 Å². The zero-order valence-electron chi connectivity index (χ0n) is 13.0. The molecule has 2 aromatic rings. The Morgan fingerprint density at radius 2 is 2.22 bits per heavy atom. The number of rotatable bonds is 3. The van der Waals surface area contributed by atoms with Crippen LogP contribution < -0.4 is 5.32 Å². The minimum absolute atomic E-state index is 0.0392. The third kappa shape index (κ3) is 2.82. The predicted molar refractivity (Wildman–Crippen MR) is 85.1 cm³/mol. The molecule has 0 unspecified atom stereocenters. The van der Waals surface area contributed by atoms with Crippen molar-refractivity contribution in [2.45, 2.75) is 24.9 Å². The van der Waals surface area contributed by atoms with Gasteiger partial charge >= 0.3 is 0 Å². The molecule has 0 spiro atoms. The van der Waals surface area contributed by atoms with Crippen LogP contribution in [0.2, 0.25) is 0 Å². The van der Waals surface area contributed by atoms with Gasteiger partial charge in [0.05, 0.1) is 12.1 Å². The van der Waals surface area contributed by atoms with E-state index in [2.05, 4.69) is 26.3 Å². The molecule has 0 saturated carbocycles. The number of nitrogens with one attached hydrogen (secondary N) is 2. The van der Waals surface area contributed by atoms with Gasteiger partial charge in [-0.25, -0.2) is 9.97 Å². The summed E-state index contributed by atoms with van der Waals surface area (Å²) < 4.78 is 5.78. The predicted octanol–water partition coefficient (Wildman–Crippen LogP) is 0.955. The number of H-pyrrole nitrogens is 1. The van der Waals surface area contributed by atoms with Crippen molar-refractivity contribution >= 4 is 17.6 Å². The first-order chi connectivity index (χ1) is 11.3. The Kier molecular flexibility index (Phi) is 3.97. The number of aromatic amines is 1. The van der Waals surface area contributed by atoms with E-state index in [1.807, 2.05) is 11.1 Å². The van der Waals surface area contributed by atoms with Gasteiger partial charge in [-0.1, -0.05) is 0 Å². The Labute approximate surface area is 134 Å². The number of ether oxygens (including phenoxy) is 1. The normalized spacial score (nSPS) is 23.3. The summed E-state index contributed by atoms with van der Waals surface area (Å²) in [7, 11) is 0. The molecule has 1 amide bonds. The smallest absolute Gasteiger partial charge is 0.209 e. The van der Waals surface area contributed by atoms with Crippen molar-refractivity contribution in [3.8, 4) is 0 Å². The molecule has 4 heterocycles. The van der Waals surface area contributed by atoms with Gasteiger partial charge in [0, 0.05) is 32.4 Å². The standard InChI is InChI=1S/C16H21N5O2/c22-10-21-6-2-11(3-7-21)12-1-4-18-16-14(12)19-15(20-16)13-9-17-5-8-23-13/h1,4,10-11,13,17H,2-3,5-9H2,(H,18,19,20)/t13-/m1/s1. The van der Waals surface area contributed by atoms with Crippen molar-refractivity contribution in [3.63, 3.8) is 0 Å². The fourth-order valence-electron chi connectivity index (χ4n) is 3.50. The van der Waals surface area contributed by atoms with E-state index in [4.69, 9.17) is 4.74 Å². The molecule has 0 bridgehead atoms. The summed E-state index contributed by atoms with van der Waals surface area (Å²) in [6, 6.07) is 2.07. The second-order valence-electron chi connectivity index (χ2n) is 6.20. The van der Waals surface area contributed by atoms with Crippen molar-refractivity contribution in [2.75, 3.05) is 32.8 Å². The van der Waals surface area contributed by atoms with Gasteiger partial charge in [-0.2, -0.15) is 0 Å². The van der Waals surface area contributed by atoms with Crippen LogP contribution >= 0.6 is 0 Å². The largest absolute Gasteiger partial charge is 0.368 e. The van der Waals surface area contributed by atoms with Gasteiger partial charge in [-0.3, -0.25) is 4.79 Å². The number of amides is 1. The Morgan fingerprint density at radius 1 is 1.35 bits per heavy atom. The molecule has 0 radical (unpaired) electrons. The van der Waals surface area contributed by atoms with Gasteiger partial charge in [0.1, 0.15) is 11.9 Å². The quantitative estimate of drug-likeness (QED) is 0.824. The van der Waals surface area contributed by atoms with E-state index in [0.717, 1.165) is 62.4 Å². The maximum Gasteiger partial charge on any atom is 0.209 e. The van der Waals surface area contributed by atoms with E-state index >= 15 is 0 Å². The number of hydrogen-bond acceptors (Lipinski definition) is 5. The Morgan fingerprint density at radius 3 is 2.96 bits per heavy atom. The van der Waals surface area contributed by atoms with Crippen LogP contribution in [0.25, 0.3) is 11.2 Å². The SMILES string of the molecule is O=CN1CCC(c2ccnc3nc([C@H]4CNCCO4)[nH]c23)CC1. The molecule has 7 heteroatoms. The second-order valence-corrected chi connectivity index (χ2v) is 6.20. The van der Waals surface area contributed by atoms with Crippen molar-refractivity contribution in [3.05, 3.63) is 23.7 Å². The molecule has 2 fully saturated rings. The second kappa shape index (κ2) is 6.25. The molecule has 0 aliphatic carbocycles. The summed E-state index contributed by atoms with van der Waals surface area (Å²) in [6.45, 7) is 3.98. The number of piperidine rings is 1. The molecule has 2 aromatic heterocycles. The molecule has 0 aromatic carbocycles. The number of pyridine rings is 1. The zero-order chi connectivity index (χ0) is 15.6. The van der Waals surface area contributed by atoms with E-state index in [1.54, 1.807) is 0 Å². The van der Waals surface area contributed by atoms with Crippen LogP contribution in [0.5, 0.6) is 0 Å². The lowest BCUT2D eigenvalue weighted by molar-refractivity contribution is -0.119. The first kappa shape index (κ1) is 14.6. The maximum absolute atomic E-state index is 10.9. The van der Waals surface area contributed by atoms with Crippen LogP contribution in [-0.4, -0.2) is 59.0 Å². The fraction of sp³-hybridized carbons (Fsp3) is 0.562. The number of carbonyl (C=O) groups is 1. The summed E-state index contributed by atoms with van der Waals surface area (Å²) >= 11 is 0. The highest BCUT2D eigenvalue weighted by Gasteiger charge is 2.24. The Bertz CT molecular complexity index is 687. The Hall–Kier alpha value is -1.99. The van der Waals surface area contributed by atoms with Crippen molar-refractivity contribution in [1.29, 1.82) is 0 Å². The highest BCUT2D eigenvalue weighted by molar-refractivity contribution is 5.75. The first-order valence-corrected chi connectivity index (χ1v) is 8.21. The average Bonchev–Trinajstić information content (AvgIpc) is 3.07. The lowest BCUT2D eigenvalue weighted by Crippen LogP contribution is -2.33. The lowest BCUT2D eigenvalue weighted by atomic mass is 9.89. The molecule has 7 nitrogen and oxygen atoms in total. The van der Waals surface area contributed by atoms with Crippen LogP contribution in [-0.2, 0) is 9.53 Å². The number of carbonyl (C=O) groups excluding carboxylic acids is 1. The molecule has 2 N–H and O–H groups in total. The molecule has 23 heavy (non-hydrogen) atoms. The molecule has 2 aliphatic heterocycles. The van der Waals surface area contributed by atoms with Gasteiger partial charge in [-0.05, 0) is 30.4 Å². The molecular weight excluding hydrogens is 294 g/mol. The topological polar surface area (TPSA) is 83.1 Å². The van der Waals surface area contributed by atoms with Gasteiger partial charge < -0.3 is 19.9 Å². The van der Waals surface area contributed by atoms with Crippen molar-refractivity contribution in [2.24, 2.45) is 0 Å². The van der Waals surface area contributed by atoms with Gasteiger partial charge in [0.2, 0.25) is 6.41 Å². The average molecular weight is 315 g/mol. The van der Waals surface area contributed by atoms with Crippen LogP contribution in [0.4, 0.5) is 0 Å². The highest BCUT2D eigenvalue weighted by Crippen LogP contribution is 2.32. The number of hydrogen-bond donors (Lipinski definition) is 2. The highest BCUT2D eigenvalue weighted by atomic mass is 16.5. The molecule has 2 aliphatic rings. The number of fused-ring (bicyclic) bond motifs is 1. The van der Waals surface area contributed by atoms with Crippen LogP contribution in [0, 0.1) is 0 Å². The summed E-state index contributed by atoms with van der Waals surface area (Å²) in [5, 5.41) is 3.32. The van der Waals surface area contributed by atoms with Gasteiger partial charge in [0.25, 0.3) is 0 Å². The first-order valence-electron chi connectivity index (χ1n) is 8.21. The van der Waals surface area contributed by atoms with E-state index in [1.165, 1.54) is 5.56 Å². The summed E-state index contributed by atoms with van der Waals surface area (Å²) in [5.74, 6) is 1.29. The maximum atomic E-state index is 10.9. The minimum Gasteiger partial charge on any atom is -0.368 e. The fourth-order valence-corrected chi connectivity index (χ4v) is 3.50. The monoisotopic (exact) mass is 315 g/mol. The van der Waals surface area contributed by atoms with E-state index in [9.17, 15) is 4.79 Å². The van der Waals surface area contributed by atoms with E-state index in [0.29, 0.717) is 12.5 Å². The summed E-state index contributed by atoms with van der Waals surface area (Å²) in [5.41, 5.74) is 3.02.